The molecule has 2 aromatic heterocycles. The van der Waals surface area contributed by atoms with Gasteiger partial charge in [-0.15, -0.1) is 12.4 Å². The third-order valence-electron chi connectivity index (χ3n) is 3.92. The lowest BCUT2D eigenvalue weighted by molar-refractivity contribution is 0.0979. The van der Waals surface area contributed by atoms with Crippen molar-refractivity contribution in [2.45, 2.75) is 6.92 Å². The van der Waals surface area contributed by atoms with Crippen molar-refractivity contribution in [2.75, 3.05) is 32.1 Å². The number of nitrogens with zero attached hydrogens (tertiary/aromatic N) is 5. The number of thiazole rings is 1. The van der Waals surface area contributed by atoms with Crippen LogP contribution in [0.25, 0.3) is 10.2 Å². The van der Waals surface area contributed by atoms with Gasteiger partial charge in [-0.05, 0) is 45.3 Å². The first-order valence-corrected chi connectivity index (χ1v) is 9.08. The Morgan fingerprint density at radius 1 is 1.27 bits per heavy atom. The molecule has 6 nitrogen and oxygen atoms in total. The van der Waals surface area contributed by atoms with Crippen molar-refractivity contribution >= 4 is 56.6 Å². The Bertz CT molecular complexity index is 902. The number of rotatable bonds is 5. The number of fused-ring (bicyclic) bond motifs is 1. The minimum atomic E-state index is -0.143. The molecule has 3 rings (SSSR count). The second-order valence-corrected chi connectivity index (χ2v) is 7.61. The number of aryl methyl sites for hydroxylation is 2. The minimum absolute atomic E-state index is 0. The van der Waals surface area contributed by atoms with Crippen LogP contribution in [0.5, 0.6) is 0 Å². The van der Waals surface area contributed by atoms with Crippen molar-refractivity contribution < 1.29 is 4.79 Å². The zero-order valence-electron chi connectivity index (χ0n) is 15.1. The monoisotopic (exact) mass is 413 g/mol. The number of hydrogen-bond acceptors (Lipinski definition) is 5. The zero-order chi connectivity index (χ0) is 18.1. The van der Waals surface area contributed by atoms with E-state index in [1.807, 2.05) is 51.2 Å². The number of carbonyl (C=O) groups is 1. The molecule has 0 fully saturated rings. The molecule has 26 heavy (non-hydrogen) atoms. The first-order chi connectivity index (χ1) is 11.8. The highest BCUT2D eigenvalue weighted by Crippen LogP contribution is 2.31. The third kappa shape index (κ3) is 4.35. The van der Waals surface area contributed by atoms with Gasteiger partial charge in [0, 0.05) is 30.9 Å². The fourth-order valence-electron chi connectivity index (χ4n) is 2.39. The highest BCUT2D eigenvalue weighted by molar-refractivity contribution is 7.22. The molecule has 0 atom stereocenters. The van der Waals surface area contributed by atoms with Crippen LogP contribution in [-0.4, -0.2) is 52.8 Å². The van der Waals surface area contributed by atoms with Gasteiger partial charge in [-0.1, -0.05) is 22.9 Å². The van der Waals surface area contributed by atoms with Crippen LogP contribution in [0.4, 0.5) is 5.13 Å². The van der Waals surface area contributed by atoms with E-state index < -0.39 is 0 Å². The van der Waals surface area contributed by atoms with E-state index in [1.165, 1.54) is 11.3 Å². The van der Waals surface area contributed by atoms with Crippen LogP contribution < -0.4 is 4.90 Å². The molecule has 1 amide bonds. The SMILES string of the molecule is Cc1cc(C(=O)N(CCN(C)C)c2nc3ccc(Cl)cc3s2)nn1C.Cl. The average molecular weight is 414 g/mol. The highest BCUT2D eigenvalue weighted by Gasteiger charge is 2.23. The Balaban J connectivity index is 0.00000243. The Morgan fingerprint density at radius 2 is 2.00 bits per heavy atom. The Morgan fingerprint density at radius 3 is 2.62 bits per heavy atom. The third-order valence-corrected chi connectivity index (χ3v) is 5.20. The van der Waals surface area contributed by atoms with Gasteiger partial charge in [0.1, 0.15) is 0 Å². The molecule has 0 aliphatic rings. The summed E-state index contributed by atoms with van der Waals surface area (Å²) in [5.41, 5.74) is 2.20. The standard InChI is InChI=1S/C17H20ClN5OS.ClH/c1-11-9-14(20-22(11)4)16(24)23(8-7-21(2)3)17-19-13-6-5-12(18)10-15(13)25-17;/h5-6,9-10H,7-8H2,1-4H3;1H. The lowest BCUT2D eigenvalue weighted by Crippen LogP contribution is -2.37. The molecule has 0 spiro atoms. The Kier molecular flexibility index (Phi) is 6.63. The van der Waals surface area contributed by atoms with Gasteiger partial charge in [-0.25, -0.2) is 4.98 Å². The number of aromatic nitrogens is 3. The number of carbonyl (C=O) groups excluding carboxylic acids is 1. The molecule has 2 heterocycles. The molecule has 0 saturated carbocycles. The summed E-state index contributed by atoms with van der Waals surface area (Å²) in [5, 5.41) is 5.64. The van der Waals surface area contributed by atoms with E-state index in [1.54, 1.807) is 15.6 Å². The van der Waals surface area contributed by atoms with E-state index in [0.717, 1.165) is 22.5 Å². The van der Waals surface area contributed by atoms with Gasteiger partial charge >= 0.3 is 0 Å². The average Bonchev–Trinajstić information content (AvgIpc) is 3.10. The van der Waals surface area contributed by atoms with Crippen molar-refractivity contribution in [3.63, 3.8) is 0 Å². The number of benzene rings is 1. The lowest BCUT2D eigenvalue weighted by atomic mass is 10.3. The van der Waals surface area contributed by atoms with Gasteiger partial charge in [0.25, 0.3) is 5.91 Å². The fraction of sp³-hybridized carbons (Fsp3) is 0.353. The van der Waals surface area contributed by atoms with Gasteiger partial charge in [0.2, 0.25) is 0 Å². The maximum Gasteiger partial charge on any atom is 0.280 e. The fourth-order valence-corrected chi connectivity index (χ4v) is 3.66. The summed E-state index contributed by atoms with van der Waals surface area (Å²) in [6.45, 7) is 3.19. The second-order valence-electron chi connectivity index (χ2n) is 6.16. The maximum atomic E-state index is 13.0. The number of anilines is 1. The number of hydrogen-bond donors (Lipinski definition) is 0. The second kappa shape index (κ2) is 8.35. The van der Waals surface area contributed by atoms with Crippen LogP contribution in [-0.2, 0) is 7.05 Å². The molecule has 0 aliphatic carbocycles. The van der Waals surface area contributed by atoms with Gasteiger partial charge in [-0.3, -0.25) is 14.4 Å². The highest BCUT2D eigenvalue weighted by atomic mass is 35.5. The van der Waals surface area contributed by atoms with Crippen LogP contribution >= 0.6 is 35.3 Å². The molecule has 0 saturated heterocycles. The van der Waals surface area contributed by atoms with Crippen LogP contribution in [0.3, 0.4) is 0 Å². The molecule has 0 bridgehead atoms. The van der Waals surface area contributed by atoms with Crippen LogP contribution in [0.15, 0.2) is 24.3 Å². The Hall–Kier alpha value is -1.67. The van der Waals surface area contributed by atoms with Gasteiger partial charge in [0.05, 0.1) is 10.2 Å². The Labute approximate surface area is 167 Å². The first kappa shape index (κ1) is 20.6. The van der Waals surface area contributed by atoms with E-state index in [-0.39, 0.29) is 18.3 Å². The molecule has 140 valence electrons. The smallest absolute Gasteiger partial charge is 0.280 e. The van der Waals surface area contributed by atoms with Crippen LogP contribution in [0.2, 0.25) is 5.02 Å². The summed E-state index contributed by atoms with van der Waals surface area (Å²) >= 11 is 7.53. The van der Waals surface area contributed by atoms with Gasteiger partial charge in [-0.2, -0.15) is 5.10 Å². The predicted octanol–water partition coefficient (Wildman–Crippen LogP) is 3.62. The molecule has 0 unspecified atom stereocenters. The minimum Gasteiger partial charge on any atom is -0.308 e. The summed E-state index contributed by atoms with van der Waals surface area (Å²) in [6.07, 6.45) is 0. The molecule has 0 radical (unpaired) electrons. The zero-order valence-corrected chi connectivity index (χ0v) is 17.5. The number of likely N-dealkylation sites (N-methyl/N-ethyl adjacent to an activating group) is 1. The summed E-state index contributed by atoms with van der Waals surface area (Å²) in [4.78, 5) is 21.4. The molecule has 0 aliphatic heterocycles. The van der Waals surface area contributed by atoms with E-state index in [2.05, 4.69) is 10.1 Å². The van der Waals surface area contributed by atoms with Gasteiger partial charge < -0.3 is 4.90 Å². The lowest BCUT2D eigenvalue weighted by Gasteiger charge is -2.21. The number of amides is 1. The van der Waals surface area contributed by atoms with Crippen LogP contribution in [0.1, 0.15) is 16.2 Å². The number of halogens is 2. The van der Waals surface area contributed by atoms with Crippen molar-refractivity contribution in [3.8, 4) is 0 Å². The maximum absolute atomic E-state index is 13.0. The summed E-state index contributed by atoms with van der Waals surface area (Å²) in [7, 11) is 5.79. The summed E-state index contributed by atoms with van der Waals surface area (Å²) in [5.74, 6) is -0.143. The molecule has 0 N–H and O–H groups in total. The molecular weight excluding hydrogens is 393 g/mol. The van der Waals surface area contributed by atoms with E-state index in [9.17, 15) is 4.79 Å². The van der Waals surface area contributed by atoms with Gasteiger partial charge in [0.15, 0.2) is 10.8 Å². The van der Waals surface area contributed by atoms with E-state index >= 15 is 0 Å². The van der Waals surface area contributed by atoms with Crippen molar-refractivity contribution in [3.05, 3.63) is 40.7 Å². The quantitative estimate of drug-likeness (QED) is 0.640. The molecule has 1 aromatic carbocycles. The van der Waals surface area contributed by atoms with Crippen LogP contribution in [0, 0.1) is 6.92 Å². The largest absolute Gasteiger partial charge is 0.308 e. The normalized spacial score (nSPS) is 11.0. The molecule has 3 aromatic rings. The van der Waals surface area contributed by atoms with Crippen molar-refractivity contribution in [2.24, 2.45) is 7.05 Å². The first-order valence-electron chi connectivity index (χ1n) is 7.88. The predicted molar refractivity (Wildman–Crippen MR) is 110 cm³/mol. The summed E-state index contributed by atoms with van der Waals surface area (Å²) < 4.78 is 2.66. The van der Waals surface area contributed by atoms with E-state index in [4.69, 9.17) is 11.6 Å². The van der Waals surface area contributed by atoms with Crippen molar-refractivity contribution in [1.29, 1.82) is 0 Å². The van der Waals surface area contributed by atoms with E-state index in [0.29, 0.717) is 22.4 Å². The molecular formula is C17H21Cl2N5OS. The van der Waals surface area contributed by atoms with Crippen molar-refractivity contribution in [1.82, 2.24) is 19.7 Å². The molecule has 9 heteroatoms. The topological polar surface area (TPSA) is 54.3 Å². The summed E-state index contributed by atoms with van der Waals surface area (Å²) in [6, 6.07) is 7.35.